The maximum Gasteiger partial charge on any atom is 0.277 e. The molecule has 27 heavy (non-hydrogen) atoms. The van der Waals surface area contributed by atoms with Crippen molar-refractivity contribution in [2.24, 2.45) is 0 Å². The van der Waals surface area contributed by atoms with E-state index in [0.717, 1.165) is 16.9 Å². The fourth-order valence-corrected chi connectivity index (χ4v) is 2.73. The van der Waals surface area contributed by atoms with Gasteiger partial charge >= 0.3 is 0 Å². The van der Waals surface area contributed by atoms with Gasteiger partial charge in [-0.05, 0) is 49.2 Å². The van der Waals surface area contributed by atoms with Crippen molar-refractivity contribution in [2.75, 3.05) is 12.4 Å². The number of carbonyl (C=O) groups excluding carboxylic acids is 1. The molecule has 6 heteroatoms. The highest BCUT2D eigenvalue weighted by molar-refractivity contribution is 6.02. The molecule has 6 nitrogen and oxygen atoms in total. The van der Waals surface area contributed by atoms with Gasteiger partial charge in [0.05, 0.1) is 7.11 Å². The van der Waals surface area contributed by atoms with Crippen LogP contribution in [0.3, 0.4) is 0 Å². The minimum absolute atomic E-state index is 0.163. The predicted molar refractivity (Wildman–Crippen MR) is 104 cm³/mol. The van der Waals surface area contributed by atoms with Crippen molar-refractivity contribution < 1.29 is 14.1 Å². The first-order valence-corrected chi connectivity index (χ1v) is 8.76. The van der Waals surface area contributed by atoms with Crippen molar-refractivity contribution in [1.29, 1.82) is 0 Å². The molecule has 0 radical (unpaired) electrons. The number of hydrogen-bond donors (Lipinski definition) is 2. The second kappa shape index (κ2) is 8.51. The third-order valence-electron chi connectivity index (χ3n) is 4.25. The molecule has 0 aliphatic carbocycles. The Hall–Kier alpha value is -3.12. The molecular weight excluding hydrogens is 342 g/mol. The summed E-state index contributed by atoms with van der Waals surface area (Å²) in [6.07, 6.45) is 0. The lowest BCUT2D eigenvalue weighted by Crippen LogP contribution is -2.18. The number of ether oxygens (including phenoxy) is 1. The monoisotopic (exact) mass is 365 g/mol. The zero-order valence-electron chi connectivity index (χ0n) is 15.7. The Balaban J connectivity index is 1.61. The van der Waals surface area contributed by atoms with Crippen LogP contribution >= 0.6 is 0 Å². The molecule has 0 aliphatic rings. The Morgan fingerprint density at radius 3 is 2.74 bits per heavy atom. The summed E-state index contributed by atoms with van der Waals surface area (Å²) in [7, 11) is 1.66. The maximum absolute atomic E-state index is 12.2. The molecule has 1 amide bonds. The van der Waals surface area contributed by atoms with Crippen molar-refractivity contribution in [3.63, 3.8) is 0 Å². The van der Waals surface area contributed by atoms with Crippen LogP contribution < -0.4 is 15.4 Å². The number of anilines is 1. The fourth-order valence-electron chi connectivity index (χ4n) is 2.73. The number of aromatic nitrogens is 1. The van der Waals surface area contributed by atoms with E-state index in [4.69, 9.17) is 9.26 Å². The van der Waals surface area contributed by atoms with Gasteiger partial charge in [-0.1, -0.05) is 29.4 Å². The fraction of sp³-hybridized carbons (Fsp3) is 0.238. The normalized spacial score (nSPS) is 11.8. The molecule has 3 aromatic rings. The van der Waals surface area contributed by atoms with Gasteiger partial charge in [0, 0.05) is 24.3 Å². The largest absolute Gasteiger partial charge is 0.497 e. The number of hydrogen-bond acceptors (Lipinski definition) is 5. The second-order valence-electron chi connectivity index (χ2n) is 6.36. The van der Waals surface area contributed by atoms with E-state index in [1.54, 1.807) is 20.1 Å². The van der Waals surface area contributed by atoms with E-state index in [1.807, 2.05) is 42.5 Å². The Kier molecular flexibility index (Phi) is 5.88. The number of amides is 1. The Labute approximate surface area is 158 Å². The highest BCUT2D eigenvalue weighted by Crippen LogP contribution is 2.20. The van der Waals surface area contributed by atoms with E-state index in [9.17, 15) is 4.79 Å². The third-order valence-corrected chi connectivity index (χ3v) is 4.25. The molecular formula is C21H23N3O3. The molecule has 140 valence electrons. The van der Waals surface area contributed by atoms with Crippen LogP contribution in [-0.4, -0.2) is 18.2 Å². The zero-order valence-corrected chi connectivity index (χ0v) is 15.7. The van der Waals surface area contributed by atoms with Crippen LogP contribution in [0.25, 0.3) is 0 Å². The van der Waals surface area contributed by atoms with E-state index in [-0.39, 0.29) is 17.6 Å². The van der Waals surface area contributed by atoms with Gasteiger partial charge in [0.15, 0.2) is 5.69 Å². The van der Waals surface area contributed by atoms with Gasteiger partial charge in [-0.15, -0.1) is 0 Å². The number of benzene rings is 2. The smallest absolute Gasteiger partial charge is 0.277 e. The predicted octanol–water partition coefficient (Wildman–Crippen LogP) is 4.09. The Morgan fingerprint density at radius 1 is 1.19 bits per heavy atom. The maximum atomic E-state index is 12.2. The van der Waals surface area contributed by atoms with Gasteiger partial charge in [-0.2, -0.15) is 0 Å². The van der Waals surface area contributed by atoms with Crippen LogP contribution in [0.5, 0.6) is 5.75 Å². The minimum atomic E-state index is -0.290. The van der Waals surface area contributed by atoms with E-state index in [2.05, 4.69) is 28.8 Å². The lowest BCUT2D eigenvalue weighted by Gasteiger charge is -2.15. The summed E-state index contributed by atoms with van der Waals surface area (Å²) in [5.74, 6) is 1.15. The van der Waals surface area contributed by atoms with E-state index in [0.29, 0.717) is 18.0 Å². The third kappa shape index (κ3) is 4.95. The van der Waals surface area contributed by atoms with Crippen LogP contribution in [-0.2, 0) is 6.54 Å². The SMILES string of the molecule is COc1cccc([C@@H](C)NCc2cccc(NC(=O)c3cc(C)on3)c2)c1. The van der Waals surface area contributed by atoms with Gasteiger partial charge in [0.2, 0.25) is 0 Å². The highest BCUT2D eigenvalue weighted by atomic mass is 16.5. The average Bonchev–Trinajstić information content (AvgIpc) is 3.13. The number of aryl methyl sites for hydroxylation is 1. The summed E-state index contributed by atoms with van der Waals surface area (Å²) in [5.41, 5.74) is 3.20. The first-order chi connectivity index (χ1) is 13.0. The van der Waals surface area contributed by atoms with E-state index < -0.39 is 0 Å². The molecule has 0 aliphatic heterocycles. The average molecular weight is 365 g/mol. The van der Waals surface area contributed by atoms with Crippen molar-refractivity contribution >= 4 is 11.6 Å². The van der Waals surface area contributed by atoms with Crippen molar-refractivity contribution in [2.45, 2.75) is 26.4 Å². The van der Waals surface area contributed by atoms with Crippen molar-refractivity contribution in [1.82, 2.24) is 10.5 Å². The number of rotatable bonds is 7. The number of methoxy groups -OCH3 is 1. The molecule has 0 bridgehead atoms. The van der Waals surface area contributed by atoms with Gasteiger partial charge in [-0.25, -0.2) is 0 Å². The van der Waals surface area contributed by atoms with Crippen molar-refractivity contribution in [3.8, 4) is 5.75 Å². The molecule has 2 N–H and O–H groups in total. The summed E-state index contributed by atoms with van der Waals surface area (Å²) in [5, 5.41) is 10.1. The molecule has 3 rings (SSSR count). The van der Waals surface area contributed by atoms with Crippen LogP contribution in [0.2, 0.25) is 0 Å². The number of nitrogens with zero attached hydrogens (tertiary/aromatic N) is 1. The lowest BCUT2D eigenvalue weighted by molar-refractivity contribution is 0.101. The second-order valence-corrected chi connectivity index (χ2v) is 6.36. The molecule has 1 heterocycles. The molecule has 1 atom stereocenters. The van der Waals surface area contributed by atoms with E-state index in [1.165, 1.54) is 0 Å². The summed E-state index contributed by atoms with van der Waals surface area (Å²) in [6.45, 7) is 4.53. The van der Waals surface area contributed by atoms with Gasteiger partial charge in [0.1, 0.15) is 11.5 Å². The Bertz CT molecular complexity index is 920. The first kappa shape index (κ1) is 18.7. The van der Waals surface area contributed by atoms with Crippen LogP contribution in [0.15, 0.2) is 59.1 Å². The van der Waals surface area contributed by atoms with Gasteiger partial charge < -0.3 is 19.9 Å². The summed E-state index contributed by atoms with van der Waals surface area (Å²) in [6, 6.07) is 17.5. The first-order valence-electron chi connectivity index (χ1n) is 8.76. The van der Waals surface area contributed by atoms with Gasteiger partial charge in [0.25, 0.3) is 5.91 Å². The number of nitrogens with one attached hydrogen (secondary N) is 2. The van der Waals surface area contributed by atoms with Crippen LogP contribution in [0, 0.1) is 6.92 Å². The summed E-state index contributed by atoms with van der Waals surface area (Å²) >= 11 is 0. The summed E-state index contributed by atoms with van der Waals surface area (Å²) < 4.78 is 10.2. The quantitative estimate of drug-likeness (QED) is 0.659. The van der Waals surface area contributed by atoms with Crippen LogP contribution in [0.1, 0.15) is 40.3 Å². The van der Waals surface area contributed by atoms with Crippen LogP contribution in [0.4, 0.5) is 5.69 Å². The summed E-state index contributed by atoms with van der Waals surface area (Å²) in [4.78, 5) is 12.2. The van der Waals surface area contributed by atoms with Crippen molar-refractivity contribution in [3.05, 3.63) is 77.2 Å². The highest BCUT2D eigenvalue weighted by Gasteiger charge is 2.11. The molecule has 2 aromatic carbocycles. The Morgan fingerprint density at radius 2 is 2.00 bits per heavy atom. The topological polar surface area (TPSA) is 76.4 Å². The lowest BCUT2D eigenvalue weighted by atomic mass is 10.1. The molecule has 0 spiro atoms. The standard InChI is InChI=1S/C21H23N3O3/c1-14-10-20(24-27-14)21(25)23-18-8-4-6-16(11-18)13-22-15(2)17-7-5-9-19(12-17)26-3/h4-12,15,22H,13H2,1-3H3,(H,23,25)/t15-/m1/s1. The molecule has 1 aromatic heterocycles. The molecule has 0 saturated carbocycles. The van der Waals surface area contributed by atoms with Gasteiger partial charge in [-0.3, -0.25) is 4.79 Å². The molecule has 0 saturated heterocycles. The zero-order chi connectivity index (χ0) is 19.2. The number of carbonyl (C=O) groups is 1. The molecule has 0 unspecified atom stereocenters. The molecule has 0 fully saturated rings. The minimum Gasteiger partial charge on any atom is -0.497 e. The van der Waals surface area contributed by atoms with E-state index >= 15 is 0 Å².